The first-order valence-electron chi connectivity index (χ1n) is 6.49. The molecule has 0 bridgehead atoms. The van der Waals surface area contributed by atoms with E-state index >= 15 is 0 Å². The molecule has 0 fully saturated rings. The maximum atomic E-state index is 5.78. The summed E-state index contributed by atoms with van der Waals surface area (Å²) in [6.07, 6.45) is 1.71. The number of ether oxygens (including phenoxy) is 2. The Balaban J connectivity index is 2.87. The van der Waals surface area contributed by atoms with Crippen LogP contribution in [-0.4, -0.2) is 31.1 Å². The van der Waals surface area contributed by atoms with E-state index < -0.39 is 0 Å². The Hall–Kier alpha value is -1.82. The molecule has 0 aromatic heterocycles. The van der Waals surface area contributed by atoms with E-state index in [-0.39, 0.29) is 6.10 Å². The summed E-state index contributed by atoms with van der Waals surface area (Å²) in [5.74, 6) is 1.35. The van der Waals surface area contributed by atoms with Crippen LogP contribution in [0.4, 0.5) is 0 Å². The van der Waals surface area contributed by atoms with Crippen molar-refractivity contribution in [3.8, 4) is 11.5 Å². The Morgan fingerprint density at radius 1 is 1.45 bits per heavy atom. The molecule has 5 nitrogen and oxygen atoms in total. The fourth-order valence-corrected chi connectivity index (χ4v) is 1.71. The van der Waals surface area contributed by atoms with Crippen molar-refractivity contribution in [2.75, 3.05) is 13.7 Å². The zero-order valence-corrected chi connectivity index (χ0v) is 13.1. The molecular formula is C14H21N3O2S. The number of nitrogens with one attached hydrogen (secondary N) is 2. The van der Waals surface area contributed by atoms with Crippen LogP contribution in [0.2, 0.25) is 0 Å². The van der Waals surface area contributed by atoms with Gasteiger partial charge in [-0.15, -0.1) is 0 Å². The first kappa shape index (κ1) is 16.2. The van der Waals surface area contributed by atoms with Gasteiger partial charge in [0.25, 0.3) is 0 Å². The van der Waals surface area contributed by atoms with E-state index in [1.165, 1.54) is 0 Å². The van der Waals surface area contributed by atoms with Crippen molar-refractivity contribution in [1.82, 2.24) is 10.7 Å². The molecule has 0 aliphatic rings. The van der Waals surface area contributed by atoms with E-state index in [1.807, 2.05) is 39.0 Å². The fraction of sp³-hybridized carbons (Fsp3) is 0.429. The zero-order valence-electron chi connectivity index (χ0n) is 12.3. The first-order chi connectivity index (χ1) is 9.58. The highest BCUT2D eigenvalue weighted by molar-refractivity contribution is 7.80. The van der Waals surface area contributed by atoms with E-state index in [9.17, 15) is 0 Å². The molecule has 20 heavy (non-hydrogen) atoms. The summed E-state index contributed by atoms with van der Waals surface area (Å²) >= 11 is 5.03. The van der Waals surface area contributed by atoms with Gasteiger partial charge in [-0.2, -0.15) is 5.10 Å². The Morgan fingerprint density at radius 3 is 2.80 bits per heavy atom. The van der Waals surface area contributed by atoms with Gasteiger partial charge in [0.15, 0.2) is 16.6 Å². The van der Waals surface area contributed by atoms with E-state index in [2.05, 4.69) is 15.8 Å². The first-order valence-corrected chi connectivity index (χ1v) is 6.89. The third-order valence-corrected chi connectivity index (χ3v) is 2.53. The maximum absolute atomic E-state index is 5.78. The molecule has 0 saturated heterocycles. The predicted molar refractivity (Wildman–Crippen MR) is 85.8 cm³/mol. The van der Waals surface area contributed by atoms with Crippen LogP contribution in [0.15, 0.2) is 23.3 Å². The standard InChI is InChI=1S/C14H21N3O2S/c1-5-15-14(20)17-16-9-11-7-6-8-12(18-4)13(11)19-10(2)3/h6-10H,5H2,1-4H3,(H2,15,17,20)/b16-9-. The molecule has 0 unspecified atom stereocenters. The molecule has 0 atom stereocenters. The van der Waals surface area contributed by atoms with Gasteiger partial charge in [-0.1, -0.05) is 6.07 Å². The largest absolute Gasteiger partial charge is 0.493 e. The molecule has 0 amide bonds. The Kier molecular flexibility index (Phi) is 6.79. The van der Waals surface area contributed by atoms with Gasteiger partial charge in [0, 0.05) is 12.1 Å². The van der Waals surface area contributed by atoms with Crippen molar-refractivity contribution < 1.29 is 9.47 Å². The molecule has 0 saturated carbocycles. The molecule has 2 N–H and O–H groups in total. The number of rotatable bonds is 6. The number of hydrazone groups is 1. The molecule has 1 aromatic carbocycles. The van der Waals surface area contributed by atoms with Crippen LogP contribution < -0.4 is 20.2 Å². The minimum atomic E-state index is 0.0502. The smallest absolute Gasteiger partial charge is 0.186 e. The number of nitrogens with zero attached hydrogens (tertiary/aromatic N) is 1. The fourth-order valence-electron chi connectivity index (χ4n) is 1.52. The second kappa shape index (κ2) is 8.37. The lowest BCUT2D eigenvalue weighted by atomic mass is 10.2. The molecule has 6 heteroatoms. The van der Waals surface area contributed by atoms with Crippen LogP contribution in [0, 0.1) is 0 Å². The number of benzene rings is 1. The molecule has 1 rings (SSSR count). The maximum Gasteiger partial charge on any atom is 0.186 e. The Bertz CT molecular complexity index is 475. The van der Waals surface area contributed by atoms with Crippen LogP contribution in [0.25, 0.3) is 0 Å². The van der Waals surface area contributed by atoms with Gasteiger partial charge >= 0.3 is 0 Å². The second-order valence-corrected chi connectivity index (χ2v) is 4.68. The number of para-hydroxylation sites is 1. The van der Waals surface area contributed by atoms with Crippen molar-refractivity contribution >= 4 is 23.5 Å². The van der Waals surface area contributed by atoms with E-state index in [0.29, 0.717) is 16.6 Å². The van der Waals surface area contributed by atoms with Crippen molar-refractivity contribution in [3.05, 3.63) is 23.8 Å². The molecule has 0 spiro atoms. The summed E-state index contributed by atoms with van der Waals surface area (Å²) in [7, 11) is 1.61. The monoisotopic (exact) mass is 295 g/mol. The highest BCUT2D eigenvalue weighted by Gasteiger charge is 2.10. The molecule has 0 aliphatic carbocycles. The summed E-state index contributed by atoms with van der Waals surface area (Å²) in [6, 6.07) is 5.64. The van der Waals surface area contributed by atoms with Crippen molar-refractivity contribution in [2.45, 2.75) is 26.9 Å². The van der Waals surface area contributed by atoms with Gasteiger partial charge in [0.2, 0.25) is 0 Å². The lowest BCUT2D eigenvalue weighted by Gasteiger charge is -2.15. The van der Waals surface area contributed by atoms with E-state index in [0.717, 1.165) is 12.1 Å². The Morgan fingerprint density at radius 2 is 2.20 bits per heavy atom. The van der Waals surface area contributed by atoms with Gasteiger partial charge in [0.05, 0.1) is 19.4 Å². The molecular weight excluding hydrogens is 274 g/mol. The zero-order chi connectivity index (χ0) is 15.0. The van der Waals surface area contributed by atoms with Crippen LogP contribution in [0.1, 0.15) is 26.3 Å². The summed E-state index contributed by atoms with van der Waals surface area (Å²) in [4.78, 5) is 0. The topological polar surface area (TPSA) is 54.9 Å². The number of thiocarbonyl (C=S) groups is 1. The molecule has 0 radical (unpaired) electrons. The van der Waals surface area contributed by atoms with Crippen LogP contribution in [-0.2, 0) is 0 Å². The third kappa shape index (κ3) is 5.05. The van der Waals surface area contributed by atoms with Crippen LogP contribution in [0.5, 0.6) is 11.5 Å². The van der Waals surface area contributed by atoms with Crippen molar-refractivity contribution in [1.29, 1.82) is 0 Å². The molecule has 1 aromatic rings. The lowest BCUT2D eigenvalue weighted by molar-refractivity contribution is 0.230. The summed E-state index contributed by atoms with van der Waals surface area (Å²) in [6.45, 7) is 6.65. The SMILES string of the molecule is CCNC(=S)N/N=C\c1cccc(OC)c1OC(C)C. The molecule has 110 valence electrons. The lowest BCUT2D eigenvalue weighted by Crippen LogP contribution is -2.31. The van der Waals surface area contributed by atoms with Gasteiger partial charge in [-0.05, 0) is 45.1 Å². The summed E-state index contributed by atoms with van der Waals surface area (Å²) in [5, 5.41) is 7.53. The molecule has 0 heterocycles. The minimum Gasteiger partial charge on any atom is -0.493 e. The van der Waals surface area contributed by atoms with Crippen LogP contribution in [0.3, 0.4) is 0 Å². The highest BCUT2D eigenvalue weighted by atomic mass is 32.1. The van der Waals surface area contributed by atoms with Crippen molar-refractivity contribution in [3.63, 3.8) is 0 Å². The number of methoxy groups -OCH3 is 1. The second-order valence-electron chi connectivity index (χ2n) is 4.27. The van der Waals surface area contributed by atoms with Gasteiger partial charge < -0.3 is 14.8 Å². The highest BCUT2D eigenvalue weighted by Crippen LogP contribution is 2.30. The average molecular weight is 295 g/mol. The average Bonchev–Trinajstić information content (AvgIpc) is 2.40. The molecule has 0 aliphatic heterocycles. The van der Waals surface area contributed by atoms with E-state index in [4.69, 9.17) is 21.7 Å². The van der Waals surface area contributed by atoms with Crippen LogP contribution >= 0.6 is 12.2 Å². The number of hydrogen-bond donors (Lipinski definition) is 2. The van der Waals surface area contributed by atoms with Gasteiger partial charge in [0.1, 0.15) is 0 Å². The Labute approximate surface area is 125 Å². The quantitative estimate of drug-likeness (QED) is 0.479. The van der Waals surface area contributed by atoms with Crippen molar-refractivity contribution in [2.24, 2.45) is 5.10 Å². The van der Waals surface area contributed by atoms with Gasteiger partial charge in [-0.25, -0.2) is 0 Å². The van der Waals surface area contributed by atoms with E-state index in [1.54, 1.807) is 13.3 Å². The normalized spacial score (nSPS) is 10.7. The number of hydrogen-bond acceptors (Lipinski definition) is 4. The minimum absolute atomic E-state index is 0.0502. The van der Waals surface area contributed by atoms with Gasteiger partial charge in [-0.3, -0.25) is 5.43 Å². The predicted octanol–water partition coefficient (Wildman–Crippen LogP) is 2.30. The summed E-state index contributed by atoms with van der Waals surface area (Å²) < 4.78 is 11.1. The third-order valence-electron chi connectivity index (χ3n) is 2.29. The summed E-state index contributed by atoms with van der Waals surface area (Å²) in [5.41, 5.74) is 3.57.